The number of carbonyl (C=O) groups excluding carboxylic acids is 2. The van der Waals surface area contributed by atoms with Crippen molar-refractivity contribution in [3.05, 3.63) is 29.8 Å². The zero-order valence-corrected chi connectivity index (χ0v) is 14.5. The monoisotopic (exact) mass is 332 g/mol. The highest BCUT2D eigenvalue weighted by Crippen LogP contribution is 2.27. The fraction of sp³-hybridized carbons (Fsp3) is 0.579. The molecule has 0 radical (unpaired) electrons. The SMILES string of the molecule is CCCCOCCCNC(=O)CCC1Cc2ccccc2NC1=O. The van der Waals surface area contributed by atoms with E-state index in [9.17, 15) is 9.59 Å². The normalized spacial score (nSPS) is 16.4. The smallest absolute Gasteiger partial charge is 0.227 e. The molecule has 5 nitrogen and oxygen atoms in total. The molecule has 0 saturated carbocycles. The van der Waals surface area contributed by atoms with Crippen LogP contribution in [0.3, 0.4) is 0 Å². The Morgan fingerprint density at radius 1 is 1.29 bits per heavy atom. The van der Waals surface area contributed by atoms with E-state index in [1.54, 1.807) is 0 Å². The molecule has 1 aromatic rings. The Morgan fingerprint density at radius 3 is 2.92 bits per heavy atom. The molecule has 0 fully saturated rings. The number of hydrogen-bond donors (Lipinski definition) is 2. The van der Waals surface area contributed by atoms with Gasteiger partial charge in [0.25, 0.3) is 0 Å². The van der Waals surface area contributed by atoms with Crippen LogP contribution in [0.25, 0.3) is 0 Å². The second-order valence-electron chi connectivity index (χ2n) is 6.26. The van der Waals surface area contributed by atoms with Crippen molar-refractivity contribution in [2.24, 2.45) is 5.92 Å². The maximum Gasteiger partial charge on any atom is 0.227 e. The predicted octanol–water partition coefficient (Wildman–Crippen LogP) is 2.90. The Hall–Kier alpha value is -1.88. The topological polar surface area (TPSA) is 67.4 Å². The lowest BCUT2D eigenvalue weighted by Gasteiger charge is -2.24. The van der Waals surface area contributed by atoms with Crippen LogP contribution in [0.4, 0.5) is 5.69 Å². The summed E-state index contributed by atoms with van der Waals surface area (Å²) in [6.45, 7) is 4.24. The summed E-state index contributed by atoms with van der Waals surface area (Å²) in [7, 11) is 0. The van der Waals surface area contributed by atoms with Crippen LogP contribution in [-0.2, 0) is 20.7 Å². The van der Waals surface area contributed by atoms with Crippen LogP contribution in [0.1, 0.15) is 44.6 Å². The molecule has 24 heavy (non-hydrogen) atoms. The van der Waals surface area contributed by atoms with Gasteiger partial charge in [-0.2, -0.15) is 0 Å². The van der Waals surface area contributed by atoms with Crippen LogP contribution in [-0.4, -0.2) is 31.6 Å². The number of rotatable bonds is 10. The third kappa shape index (κ3) is 5.96. The maximum atomic E-state index is 12.1. The van der Waals surface area contributed by atoms with E-state index in [1.807, 2.05) is 24.3 Å². The third-order valence-corrected chi connectivity index (χ3v) is 4.26. The van der Waals surface area contributed by atoms with Crippen molar-refractivity contribution in [2.75, 3.05) is 25.1 Å². The van der Waals surface area contributed by atoms with E-state index in [4.69, 9.17) is 4.74 Å². The van der Waals surface area contributed by atoms with Gasteiger partial charge in [-0.25, -0.2) is 0 Å². The zero-order chi connectivity index (χ0) is 17.2. The van der Waals surface area contributed by atoms with E-state index in [0.717, 1.165) is 37.1 Å². The van der Waals surface area contributed by atoms with Gasteiger partial charge >= 0.3 is 0 Å². The summed E-state index contributed by atoms with van der Waals surface area (Å²) in [4.78, 5) is 24.0. The number of benzene rings is 1. The summed E-state index contributed by atoms with van der Waals surface area (Å²) in [5, 5.41) is 5.82. The Morgan fingerprint density at radius 2 is 2.08 bits per heavy atom. The number of amides is 2. The van der Waals surface area contributed by atoms with Gasteiger partial charge in [-0.1, -0.05) is 31.5 Å². The molecule has 2 N–H and O–H groups in total. The van der Waals surface area contributed by atoms with Gasteiger partial charge in [-0.05, 0) is 37.3 Å². The van der Waals surface area contributed by atoms with Gasteiger partial charge in [0.05, 0.1) is 0 Å². The van der Waals surface area contributed by atoms with Crippen LogP contribution in [0, 0.1) is 5.92 Å². The summed E-state index contributed by atoms with van der Waals surface area (Å²) >= 11 is 0. The Bertz CT molecular complexity index is 545. The van der Waals surface area contributed by atoms with Gasteiger partial charge < -0.3 is 15.4 Å². The number of fused-ring (bicyclic) bond motifs is 1. The Labute approximate surface area is 144 Å². The average Bonchev–Trinajstić information content (AvgIpc) is 2.59. The molecule has 0 spiro atoms. The summed E-state index contributed by atoms with van der Waals surface area (Å²) in [5.74, 6) is -0.0935. The largest absolute Gasteiger partial charge is 0.381 e. The number of hydrogen-bond acceptors (Lipinski definition) is 3. The van der Waals surface area contributed by atoms with Crippen molar-refractivity contribution >= 4 is 17.5 Å². The molecule has 1 aliphatic rings. The van der Waals surface area contributed by atoms with E-state index >= 15 is 0 Å². The van der Waals surface area contributed by atoms with E-state index in [2.05, 4.69) is 17.6 Å². The molecule has 0 aromatic heterocycles. The predicted molar refractivity (Wildman–Crippen MR) is 94.9 cm³/mol. The molecule has 2 amide bonds. The first kappa shape index (κ1) is 18.5. The van der Waals surface area contributed by atoms with Gasteiger partial charge in [-0.15, -0.1) is 0 Å². The molecule has 5 heteroatoms. The number of nitrogens with one attached hydrogen (secondary N) is 2. The van der Waals surface area contributed by atoms with Crippen molar-refractivity contribution in [1.82, 2.24) is 5.32 Å². The zero-order valence-electron chi connectivity index (χ0n) is 14.5. The fourth-order valence-corrected chi connectivity index (χ4v) is 2.79. The van der Waals surface area contributed by atoms with E-state index in [0.29, 0.717) is 32.4 Å². The van der Waals surface area contributed by atoms with Gasteiger partial charge in [0, 0.05) is 37.8 Å². The number of carbonyl (C=O) groups is 2. The lowest BCUT2D eigenvalue weighted by atomic mass is 9.89. The highest BCUT2D eigenvalue weighted by Gasteiger charge is 2.26. The molecule has 1 atom stereocenters. The first-order valence-corrected chi connectivity index (χ1v) is 8.94. The summed E-state index contributed by atoms with van der Waals surface area (Å²) in [6.07, 6.45) is 4.72. The molecular weight excluding hydrogens is 304 g/mol. The van der Waals surface area contributed by atoms with E-state index < -0.39 is 0 Å². The van der Waals surface area contributed by atoms with Crippen molar-refractivity contribution in [3.63, 3.8) is 0 Å². The quantitative estimate of drug-likeness (QED) is 0.647. The number of ether oxygens (including phenoxy) is 1. The first-order chi connectivity index (χ1) is 11.7. The van der Waals surface area contributed by atoms with Crippen molar-refractivity contribution in [1.29, 1.82) is 0 Å². The number of anilines is 1. The number of unbranched alkanes of at least 4 members (excludes halogenated alkanes) is 1. The highest BCUT2D eigenvalue weighted by molar-refractivity contribution is 5.96. The summed E-state index contributed by atoms with van der Waals surface area (Å²) < 4.78 is 5.45. The average molecular weight is 332 g/mol. The molecule has 1 unspecified atom stereocenters. The van der Waals surface area contributed by atoms with E-state index in [1.165, 1.54) is 0 Å². The minimum absolute atomic E-state index is 0.00946. The molecular formula is C19H28N2O3. The second kappa shape index (κ2) is 10.1. The highest BCUT2D eigenvalue weighted by atomic mass is 16.5. The minimum atomic E-state index is -0.122. The van der Waals surface area contributed by atoms with Crippen LogP contribution in [0.5, 0.6) is 0 Å². The standard InChI is InChI=1S/C19H28N2O3/c1-2-3-12-24-13-6-11-20-18(22)10-9-16-14-15-7-4-5-8-17(15)21-19(16)23/h4-5,7-8,16H,2-3,6,9-14H2,1H3,(H,20,22)(H,21,23). The second-order valence-corrected chi connectivity index (χ2v) is 6.26. The lowest BCUT2D eigenvalue weighted by molar-refractivity contribution is -0.122. The number of para-hydroxylation sites is 1. The third-order valence-electron chi connectivity index (χ3n) is 4.26. The van der Waals surface area contributed by atoms with E-state index in [-0.39, 0.29) is 17.7 Å². The summed E-state index contributed by atoms with van der Waals surface area (Å²) in [5.41, 5.74) is 2.04. The molecule has 0 bridgehead atoms. The molecule has 1 heterocycles. The fourth-order valence-electron chi connectivity index (χ4n) is 2.79. The van der Waals surface area contributed by atoms with Crippen molar-refractivity contribution < 1.29 is 14.3 Å². The van der Waals surface area contributed by atoms with Gasteiger partial charge in [0.2, 0.25) is 11.8 Å². The Balaban J connectivity index is 1.61. The lowest BCUT2D eigenvalue weighted by Crippen LogP contribution is -2.32. The van der Waals surface area contributed by atoms with Crippen LogP contribution in [0.2, 0.25) is 0 Å². The van der Waals surface area contributed by atoms with Gasteiger partial charge in [0.1, 0.15) is 0 Å². The first-order valence-electron chi connectivity index (χ1n) is 8.94. The van der Waals surface area contributed by atoms with Crippen molar-refractivity contribution in [2.45, 2.75) is 45.4 Å². The van der Waals surface area contributed by atoms with Crippen molar-refractivity contribution in [3.8, 4) is 0 Å². The summed E-state index contributed by atoms with van der Waals surface area (Å²) in [6, 6.07) is 7.83. The van der Waals surface area contributed by atoms with Crippen LogP contribution >= 0.6 is 0 Å². The maximum absolute atomic E-state index is 12.1. The molecule has 0 saturated heterocycles. The van der Waals surface area contributed by atoms with Gasteiger partial charge in [0.15, 0.2) is 0 Å². The molecule has 1 aromatic carbocycles. The molecule has 132 valence electrons. The minimum Gasteiger partial charge on any atom is -0.381 e. The molecule has 1 aliphatic heterocycles. The van der Waals surface area contributed by atoms with Gasteiger partial charge in [-0.3, -0.25) is 9.59 Å². The van der Waals surface area contributed by atoms with Crippen LogP contribution < -0.4 is 10.6 Å². The molecule has 2 rings (SSSR count). The molecule has 0 aliphatic carbocycles. The van der Waals surface area contributed by atoms with Crippen LogP contribution in [0.15, 0.2) is 24.3 Å². The Kier molecular flexibility index (Phi) is 7.75.